The number of carbonyl (C=O) groups excluding carboxylic acids is 1. The lowest BCUT2D eigenvalue weighted by atomic mass is 10.1. The standard InChI is InChI=1S/C19H21N3O4/c23-19(16-6-8-17(9-7-16)22(24)25)20-10-11-21-12-13-26-18(14-21)15-4-2-1-3-5-15/h1-9,18H,10-14H2,(H,20,23). The lowest BCUT2D eigenvalue weighted by Crippen LogP contribution is -2.42. The van der Waals surface area contributed by atoms with E-state index in [9.17, 15) is 14.9 Å². The summed E-state index contributed by atoms with van der Waals surface area (Å²) in [7, 11) is 0. The Kier molecular flexibility index (Phi) is 5.93. The molecular formula is C19H21N3O4. The third-order valence-corrected chi connectivity index (χ3v) is 4.38. The van der Waals surface area contributed by atoms with Crippen LogP contribution in [0, 0.1) is 10.1 Å². The molecule has 136 valence electrons. The van der Waals surface area contributed by atoms with Gasteiger partial charge in [0, 0.05) is 43.9 Å². The van der Waals surface area contributed by atoms with E-state index in [1.807, 2.05) is 18.2 Å². The lowest BCUT2D eigenvalue weighted by molar-refractivity contribution is -0.384. The first-order valence-electron chi connectivity index (χ1n) is 8.55. The largest absolute Gasteiger partial charge is 0.371 e. The van der Waals surface area contributed by atoms with E-state index < -0.39 is 4.92 Å². The van der Waals surface area contributed by atoms with Crippen molar-refractivity contribution in [3.63, 3.8) is 0 Å². The molecule has 0 radical (unpaired) electrons. The highest BCUT2D eigenvalue weighted by Gasteiger charge is 2.21. The Balaban J connectivity index is 1.46. The predicted octanol–water partition coefficient (Wildman–Crippen LogP) is 2.40. The quantitative estimate of drug-likeness (QED) is 0.635. The zero-order valence-corrected chi connectivity index (χ0v) is 14.3. The van der Waals surface area contributed by atoms with Gasteiger partial charge >= 0.3 is 0 Å². The Bertz CT molecular complexity index is 749. The van der Waals surface area contributed by atoms with Gasteiger partial charge < -0.3 is 10.1 Å². The summed E-state index contributed by atoms with van der Waals surface area (Å²) in [5, 5.41) is 13.5. The van der Waals surface area contributed by atoms with Gasteiger partial charge in [0.05, 0.1) is 17.6 Å². The molecule has 1 saturated heterocycles. The van der Waals surface area contributed by atoms with Crippen LogP contribution in [0.15, 0.2) is 54.6 Å². The van der Waals surface area contributed by atoms with Crippen molar-refractivity contribution in [2.75, 3.05) is 32.8 Å². The first-order valence-corrected chi connectivity index (χ1v) is 8.55. The number of nitro groups is 1. The SMILES string of the molecule is O=C(NCCN1CCOC(c2ccccc2)C1)c1ccc([N+](=O)[O-])cc1. The van der Waals surface area contributed by atoms with Crippen LogP contribution in [0.1, 0.15) is 22.0 Å². The summed E-state index contributed by atoms with van der Waals surface area (Å²) in [5.74, 6) is -0.229. The number of nitrogens with one attached hydrogen (secondary N) is 1. The maximum absolute atomic E-state index is 12.1. The number of nitrogens with zero attached hydrogens (tertiary/aromatic N) is 2. The Morgan fingerprint density at radius 3 is 2.62 bits per heavy atom. The summed E-state index contributed by atoms with van der Waals surface area (Å²) in [6, 6.07) is 15.7. The summed E-state index contributed by atoms with van der Waals surface area (Å²) in [6.45, 7) is 3.52. The zero-order chi connectivity index (χ0) is 18.4. The number of morpholine rings is 1. The van der Waals surface area contributed by atoms with Gasteiger partial charge in [0.15, 0.2) is 0 Å². The van der Waals surface area contributed by atoms with Crippen molar-refractivity contribution in [2.45, 2.75) is 6.10 Å². The molecule has 7 nitrogen and oxygen atoms in total. The highest BCUT2D eigenvalue weighted by Crippen LogP contribution is 2.21. The van der Waals surface area contributed by atoms with Crippen LogP contribution >= 0.6 is 0 Å². The molecule has 0 aromatic heterocycles. The molecule has 1 atom stereocenters. The molecule has 1 aliphatic rings. The average Bonchev–Trinajstić information content (AvgIpc) is 2.69. The smallest absolute Gasteiger partial charge is 0.269 e. The van der Waals surface area contributed by atoms with Crippen molar-refractivity contribution in [2.24, 2.45) is 0 Å². The molecule has 0 bridgehead atoms. The maximum atomic E-state index is 12.1. The highest BCUT2D eigenvalue weighted by molar-refractivity contribution is 5.94. The van der Waals surface area contributed by atoms with Crippen molar-refractivity contribution in [3.05, 3.63) is 75.8 Å². The van der Waals surface area contributed by atoms with Crippen molar-refractivity contribution in [1.29, 1.82) is 0 Å². The van der Waals surface area contributed by atoms with Crippen LogP contribution in [-0.2, 0) is 4.74 Å². The Labute approximate surface area is 151 Å². The molecule has 0 saturated carbocycles. The molecule has 3 rings (SSSR count). The summed E-state index contributed by atoms with van der Waals surface area (Å²) in [6.07, 6.45) is 0.0512. The van der Waals surface area contributed by atoms with Gasteiger partial charge in [-0.1, -0.05) is 30.3 Å². The van der Waals surface area contributed by atoms with Crippen LogP contribution in [0.5, 0.6) is 0 Å². The number of nitro benzene ring substituents is 1. The Hall–Kier alpha value is -2.77. The predicted molar refractivity (Wildman–Crippen MR) is 97.0 cm³/mol. The molecule has 1 heterocycles. The molecule has 7 heteroatoms. The molecule has 1 unspecified atom stereocenters. The minimum atomic E-state index is -0.483. The minimum Gasteiger partial charge on any atom is -0.371 e. The van der Waals surface area contributed by atoms with E-state index in [2.05, 4.69) is 22.3 Å². The van der Waals surface area contributed by atoms with Gasteiger partial charge in [0.2, 0.25) is 0 Å². The van der Waals surface area contributed by atoms with Crippen LogP contribution in [0.25, 0.3) is 0 Å². The first kappa shape index (κ1) is 18.0. The molecule has 2 aromatic rings. The fourth-order valence-electron chi connectivity index (χ4n) is 2.94. The zero-order valence-electron chi connectivity index (χ0n) is 14.3. The third kappa shape index (κ3) is 4.65. The van der Waals surface area contributed by atoms with Crippen LogP contribution in [-0.4, -0.2) is 48.5 Å². The highest BCUT2D eigenvalue weighted by atomic mass is 16.6. The van der Waals surface area contributed by atoms with Gasteiger partial charge in [0.25, 0.3) is 11.6 Å². The van der Waals surface area contributed by atoms with Gasteiger partial charge in [0.1, 0.15) is 0 Å². The monoisotopic (exact) mass is 355 g/mol. The number of hydrogen-bond donors (Lipinski definition) is 1. The first-order chi connectivity index (χ1) is 12.6. The van der Waals surface area contributed by atoms with Gasteiger partial charge in [-0.05, 0) is 17.7 Å². The second kappa shape index (κ2) is 8.55. The molecule has 26 heavy (non-hydrogen) atoms. The van der Waals surface area contributed by atoms with Gasteiger partial charge in [-0.3, -0.25) is 19.8 Å². The average molecular weight is 355 g/mol. The van der Waals surface area contributed by atoms with E-state index in [1.54, 1.807) is 0 Å². The lowest BCUT2D eigenvalue weighted by Gasteiger charge is -2.33. The van der Waals surface area contributed by atoms with Crippen molar-refractivity contribution in [1.82, 2.24) is 10.2 Å². The molecule has 1 aliphatic heterocycles. The third-order valence-electron chi connectivity index (χ3n) is 4.38. The molecule has 0 spiro atoms. The van der Waals surface area contributed by atoms with Crippen molar-refractivity contribution in [3.8, 4) is 0 Å². The second-order valence-corrected chi connectivity index (χ2v) is 6.13. The van der Waals surface area contributed by atoms with Crippen LogP contribution in [0.2, 0.25) is 0 Å². The van der Waals surface area contributed by atoms with Gasteiger partial charge in [-0.2, -0.15) is 0 Å². The number of rotatable bonds is 6. The van der Waals surface area contributed by atoms with E-state index in [0.29, 0.717) is 18.7 Å². The fraction of sp³-hybridized carbons (Fsp3) is 0.316. The number of hydrogen-bond acceptors (Lipinski definition) is 5. The molecule has 1 fully saturated rings. The second-order valence-electron chi connectivity index (χ2n) is 6.13. The van der Waals surface area contributed by atoms with Crippen LogP contribution < -0.4 is 5.32 Å². The summed E-state index contributed by atoms with van der Waals surface area (Å²) in [4.78, 5) is 24.6. The molecule has 2 aromatic carbocycles. The van der Waals surface area contributed by atoms with Crippen molar-refractivity contribution < 1.29 is 14.5 Å². The number of amides is 1. The maximum Gasteiger partial charge on any atom is 0.269 e. The molecule has 0 aliphatic carbocycles. The van der Waals surface area contributed by atoms with Crippen LogP contribution in [0.4, 0.5) is 5.69 Å². The number of non-ortho nitro benzene ring substituents is 1. The minimum absolute atomic E-state index is 0.0261. The Morgan fingerprint density at radius 2 is 1.92 bits per heavy atom. The fourth-order valence-corrected chi connectivity index (χ4v) is 2.94. The van der Waals surface area contributed by atoms with E-state index >= 15 is 0 Å². The molecular weight excluding hydrogens is 334 g/mol. The van der Waals surface area contributed by atoms with E-state index in [-0.39, 0.29) is 17.7 Å². The summed E-state index contributed by atoms with van der Waals surface area (Å²) < 4.78 is 5.84. The van der Waals surface area contributed by atoms with E-state index in [4.69, 9.17) is 4.74 Å². The molecule has 1 N–H and O–H groups in total. The summed E-state index contributed by atoms with van der Waals surface area (Å²) >= 11 is 0. The number of ether oxygens (including phenoxy) is 1. The number of carbonyl (C=O) groups is 1. The Morgan fingerprint density at radius 1 is 1.19 bits per heavy atom. The van der Waals surface area contributed by atoms with Crippen LogP contribution in [0.3, 0.4) is 0 Å². The van der Waals surface area contributed by atoms with Gasteiger partial charge in [-0.15, -0.1) is 0 Å². The van der Waals surface area contributed by atoms with E-state index in [1.165, 1.54) is 24.3 Å². The number of benzene rings is 2. The topological polar surface area (TPSA) is 84.7 Å². The van der Waals surface area contributed by atoms with Gasteiger partial charge in [-0.25, -0.2) is 0 Å². The molecule has 1 amide bonds. The normalized spacial score (nSPS) is 17.6. The summed E-state index contributed by atoms with van der Waals surface area (Å²) in [5.41, 5.74) is 1.55. The van der Waals surface area contributed by atoms with Crippen molar-refractivity contribution >= 4 is 11.6 Å². The van der Waals surface area contributed by atoms with E-state index in [0.717, 1.165) is 25.2 Å².